The highest BCUT2D eigenvalue weighted by atomic mass is 35.5. The monoisotopic (exact) mass is 530 g/mol. The van der Waals surface area contributed by atoms with Crippen molar-refractivity contribution in [3.63, 3.8) is 0 Å². The van der Waals surface area contributed by atoms with Crippen molar-refractivity contribution in [3.05, 3.63) is 62.8 Å². The lowest BCUT2D eigenvalue weighted by molar-refractivity contribution is -0.145. The van der Waals surface area contributed by atoms with Crippen LogP contribution in [-0.4, -0.2) is 47.1 Å². The maximum atomic E-state index is 13.9. The Morgan fingerprint density at radius 2 is 1.74 bits per heavy atom. The number of amides is 2. The molecule has 0 atom stereocenters. The number of halogens is 4. The summed E-state index contributed by atoms with van der Waals surface area (Å²) in [6.45, 7) is -0.465. The molecule has 2 aromatic carbocycles. The molecule has 0 bridgehead atoms. The van der Waals surface area contributed by atoms with Crippen LogP contribution in [0.4, 0.5) is 4.39 Å². The molecule has 1 fully saturated rings. The Bertz CT molecular complexity index is 1030. The van der Waals surface area contributed by atoms with Crippen LogP contribution in [0.1, 0.15) is 37.7 Å². The molecule has 2 N–H and O–H groups in total. The minimum atomic E-state index is -1.13. The molecule has 2 amide bonds. The number of nitrogens with one attached hydrogen (secondary N) is 1. The minimum Gasteiger partial charge on any atom is -0.484 e. The maximum absolute atomic E-state index is 13.9. The molecule has 10 heteroatoms. The van der Waals surface area contributed by atoms with Crippen molar-refractivity contribution in [2.24, 2.45) is 0 Å². The van der Waals surface area contributed by atoms with E-state index >= 15 is 0 Å². The fourth-order valence-corrected chi connectivity index (χ4v) is 4.51. The Kier molecular flexibility index (Phi) is 9.42. The van der Waals surface area contributed by atoms with Crippen LogP contribution in [0.3, 0.4) is 0 Å². The van der Waals surface area contributed by atoms with Gasteiger partial charge in [-0.25, -0.2) is 4.39 Å². The van der Waals surface area contributed by atoms with E-state index in [0.717, 1.165) is 19.3 Å². The first-order valence-electron chi connectivity index (χ1n) is 11.0. The van der Waals surface area contributed by atoms with Crippen LogP contribution in [-0.2, 0) is 16.1 Å². The van der Waals surface area contributed by atoms with Crippen LogP contribution in [0, 0.1) is 5.82 Å². The summed E-state index contributed by atoms with van der Waals surface area (Å²) in [5.41, 5.74) is -0.597. The highest BCUT2D eigenvalue weighted by Crippen LogP contribution is 2.31. The summed E-state index contributed by atoms with van der Waals surface area (Å²) in [4.78, 5) is 27.9. The molecular weight excluding hydrogens is 506 g/mol. The van der Waals surface area contributed by atoms with E-state index < -0.39 is 17.3 Å². The lowest BCUT2D eigenvalue weighted by Gasteiger charge is -2.40. The molecule has 34 heavy (non-hydrogen) atoms. The first kappa shape index (κ1) is 26.5. The molecule has 0 saturated heterocycles. The van der Waals surface area contributed by atoms with Gasteiger partial charge in [0.15, 0.2) is 6.61 Å². The van der Waals surface area contributed by atoms with Crippen molar-refractivity contribution < 1.29 is 23.8 Å². The fraction of sp³-hybridized carbons (Fsp3) is 0.417. The quantitative estimate of drug-likeness (QED) is 0.477. The largest absolute Gasteiger partial charge is 0.484 e. The molecule has 3 rings (SSSR count). The van der Waals surface area contributed by atoms with Crippen LogP contribution in [0.15, 0.2) is 36.4 Å². The van der Waals surface area contributed by atoms with Crippen molar-refractivity contribution in [1.29, 1.82) is 0 Å². The summed E-state index contributed by atoms with van der Waals surface area (Å²) in [6.07, 6.45) is 3.40. The maximum Gasteiger partial charge on any atom is 0.258 e. The Balaban J connectivity index is 1.74. The van der Waals surface area contributed by atoms with Gasteiger partial charge in [-0.1, -0.05) is 60.1 Å². The van der Waals surface area contributed by atoms with Crippen LogP contribution in [0.5, 0.6) is 5.75 Å². The van der Waals surface area contributed by atoms with Gasteiger partial charge in [-0.2, -0.15) is 0 Å². The second-order valence-electron chi connectivity index (χ2n) is 8.25. The van der Waals surface area contributed by atoms with Crippen molar-refractivity contribution in [2.75, 3.05) is 19.8 Å². The van der Waals surface area contributed by atoms with Crippen molar-refractivity contribution in [3.8, 4) is 5.75 Å². The number of benzene rings is 2. The normalized spacial score (nSPS) is 15.0. The molecular formula is C24H26Cl3FN2O4. The summed E-state index contributed by atoms with van der Waals surface area (Å²) in [7, 11) is 0. The summed E-state index contributed by atoms with van der Waals surface area (Å²) < 4.78 is 19.4. The number of ether oxygens (including phenoxy) is 1. The van der Waals surface area contributed by atoms with Gasteiger partial charge in [-0.15, -0.1) is 0 Å². The molecule has 0 aliphatic heterocycles. The number of hydrogen-bond donors (Lipinski definition) is 2. The third-order valence-corrected chi connectivity index (χ3v) is 6.82. The Hall–Kier alpha value is -2.06. The lowest BCUT2D eigenvalue weighted by Crippen LogP contribution is -2.61. The zero-order chi connectivity index (χ0) is 24.7. The summed E-state index contributed by atoms with van der Waals surface area (Å²) in [5, 5.41) is 13.1. The van der Waals surface area contributed by atoms with E-state index in [0.29, 0.717) is 34.2 Å². The van der Waals surface area contributed by atoms with Gasteiger partial charge in [0.25, 0.3) is 5.91 Å². The van der Waals surface area contributed by atoms with Gasteiger partial charge >= 0.3 is 0 Å². The Labute approximate surface area is 212 Å². The smallest absolute Gasteiger partial charge is 0.258 e. The van der Waals surface area contributed by atoms with E-state index in [1.165, 1.54) is 23.1 Å². The molecule has 0 aromatic heterocycles. The Morgan fingerprint density at radius 1 is 1.03 bits per heavy atom. The van der Waals surface area contributed by atoms with Gasteiger partial charge in [0.05, 0.1) is 21.7 Å². The van der Waals surface area contributed by atoms with Crippen molar-refractivity contribution >= 4 is 46.6 Å². The number of nitrogens with zero attached hydrogens (tertiary/aromatic N) is 1. The number of rotatable bonds is 9. The van der Waals surface area contributed by atoms with Crippen LogP contribution in [0.25, 0.3) is 0 Å². The SMILES string of the molecule is O=C(COc1ccc(Cl)c(Cl)c1)NC1(C(=O)N(CCO)Cc2ccc(Cl)c(F)c2)CCCCC1. The lowest BCUT2D eigenvalue weighted by atomic mass is 9.80. The second-order valence-corrected chi connectivity index (χ2v) is 9.48. The van der Waals surface area contributed by atoms with Gasteiger partial charge in [0, 0.05) is 19.2 Å². The van der Waals surface area contributed by atoms with Crippen LogP contribution < -0.4 is 10.1 Å². The first-order chi connectivity index (χ1) is 16.2. The molecule has 0 spiro atoms. The van der Waals surface area contributed by atoms with Gasteiger partial charge in [-0.3, -0.25) is 9.59 Å². The van der Waals surface area contributed by atoms with E-state index in [-0.39, 0.29) is 37.2 Å². The predicted molar refractivity (Wildman–Crippen MR) is 130 cm³/mol. The molecule has 1 aliphatic rings. The zero-order valence-corrected chi connectivity index (χ0v) is 20.7. The van der Waals surface area contributed by atoms with Gasteiger partial charge < -0.3 is 20.1 Å². The highest BCUT2D eigenvalue weighted by Gasteiger charge is 2.43. The standard InChI is InChI=1S/C24H26Cl3FN2O4/c25-18-7-5-17(13-20(18)27)34-15-22(32)29-24(8-2-1-3-9-24)23(33)30(10-11-31)14-16-4-6-19(26)21(28)12-16/h4-7,12-13,31H,1-3,8-11,14-15H2,(H,29,32). The van der Waals surface area contributed by atoms with Gasteiger partial charge in [0.2, 0.25) is 5.91 Å². The average molecular weight is 532 g/mol. The topological polar surface area (TPSA) is 78.9 Å². The zero-order valence-electron chi connectivity index (χ0n) is 18.5. The van der Waals surface area contributed by atoms with Crippen LogP contribution in [0.2, 0.25) is 15.1 Å². The minimum absolute atomic E-state index is 0.0122. The summed E-state index contributed by atoms with van der Waals surface area (Å²) in [6, 6.07) is 8.98. The molecule has 0 unspecified atom stereocenters. The molecule has 2 aromatic rings. The van der Waals surface area contributed by atoms with E-state index in [1.807, 2.05) is 0 Å². The second kappa shape index (κ2) is 12.1. The predicted octanol–water partition coefficient (Wildman–Crippen LogP) is 5.00. The van der Waals surface area contributed by atoms with Crippen molar-refractivity contribution in [2.45, 2.75) is 44.2 Å². The number of carbonyl (C=O) groups is 2. The fourth-order valence-electron chi connectivity index (χ4n) is 4.10. The van der Waals surface area contributed by atoms with Gasteiger partial charge in [-0.05, 0) is 42.7 Å². The number of carbonyl (C=O) groups excluding carboxylic acids is 2. The highest BCUT2D eigenvalue weighted by molar-refractivity contribution is 6.42. The number of hydrogen-bond acceptors (Lipinski definition) is 4. The number of aliphatic hydroxyl groups excluding tert-OH is 1. The first-order valence-corrected chi connectivity index (χ1v) is 12.1. The molecule has 0 heterocycles. The molecule has 0 radical (unpaired) electrons. The van der Waals surface area contributed by atoms with E-state index in [2.05, 4.69) is 5.32 Å². The molecule has 1 aliphatic carbocycles. The van der Waals surface area contributed by atoms with Gasteiger partial charge in [0.1, 0.15) is 17.1 Å². The third-order valence-electron chi connectivity index (χ3n) is 5.77. The summed E-state index contributed by atoms with van der Waals surface area (Å²) >= 11 is 17.6. The molecule has 1 saturated carbocycles. The Morgan fingerprint density at radius 3 is 2.38 bits per heavy atom. The van der Waals surface area contributed by atoms with Crippen molar-refractivity contribution in [1.82, 2.24) is 10.2 Å². The summed E-state index contributed by atoms with van der Waals surface area (Å²) in [5.74, 6) is -0.988. The van der Waals surface area contributed by atoms with E-state index in [1.54, 1.807) is 18.2 Å². The third kappa shape index (κ3) is 6.75. The average Bonchev–Trinajstić information content (AvgIpc) is 2.82. The molecule has 184 valence electrons. The van der Waals surface area contributed by atoms with E-state index in [9.17, 15) is 19.1 Å². The van der Waals surface area contributed by atoms with Crippen LogP contribution >= 0.6 is 34.8 Å². The number of aliphatic hydroxyl groups is 1. The molecule has 6 nitrogen and oxygen atoms in total. The van der Waals surface area contributed by atoms with E-state index in [4.69, 9.17) is 39.5 Å².